The summed E-state index contributed by atoms with van der Waals surface area (Å²) in [7, 11) is -1.64. The van der Waals surface area contributed by atoms with Crippen LogP contribution < -0.4 is 5.19 Å². The first kappa shape index (κ1) is 13.5. The first-order valence-corrected chi connectivity index (χ1v) is 10.9. The number of rotatable bonds is 1. The molecule has 108 valence electrons. The molecular formula is C21H20Si. The van der Waals surface area contributed by atoms with Crippen molar-refractivity contribution < 1.29 is 0 Å². The zero-order valence-corrected chi connectivity index (χ0v) is 14.4. The third kappa shape index (κ3) is 1.75. The van der Waals surface area contributed by atoms with Gasteiger partial charge < -0.3 is 0 Å². The predicted octanol–water partition coefficient (Wildman–Crippen LogP) is 5.24. The standard InChI is InChI=1S/C21H20Si/c1-15(16-9-5-4-6-10-16)21-18-13-7-11-17-12-8-14-19(20(17)18)22(21,2)3/h4-14H,1-3H3/b21-15+. The molecule has 4 rings (SSSR count). The third-order valence-corrected chi connectivity index (χ3v) is 8.71. The lowest BCUT2D eigenvalue weighted by Crippen LogP contribution is -2.39. The Bertz CT molecular complexity index is 896. The summed E-state index contributed by atoms with van der Waals surface area (Å²) in [5.74, 6) is 0. The largest absolute Gasteiger partial charge is 0.114 e. The van der Waals surface area contributed by atoms with Crippen LogP contribution in [0.3, 0.4) is 0 Å². The monoisotopic (exact) mass is 300 g/mol. The first-order chi connectivity index (χ1) is 10.6. The fourth-order valence-corrected chi connectivity index (χ4v) is 7.69. The fraction of sp³-hybridized carbons (Fsp3) is 0.143. The van der Waals surface area contributed by atoms with Gasteiger partial charge in [0.05, 0.1) is 0 Å². The van der Waals surface area contributed by atoms with Crippen LogP contribution in [0.4, 0.5) is 0 Å². The molecular weight excluding hydrogens is 280 g/mol. The molecule has 0 aromatic heterocycles. The molecule has 0 atom stereocenters. The fourth-order valence-electron chi connectivity index (χ4n) is 4.04. The second kappa shape index (κ2) is 4.69. The highest BCUT2D eigenvalue weighted by molar-refractivity contribution is 7.08. The molecule has 3 aromatic rings. The summed E-state index contributed by atoms with van der Waals surface area (Å²) in [5.41, 5.74) is 4.26. The second-order valence-corrected chi connectivity index (χ2v) is 11.0. The van der Waals surface area contributed by atoms with Crippen LogP contribution in [0.1, 0.15) is 18.1 Å². The van der Waals surface area contributed by atoms with Gasteiger partial charge in [-0.1, -0.05) is 79.8 Å². The Morgan fingerprint density at radius 1 is 0.773 bits per heavy atom. The lowest BCUT2D eigenvalue weighted by molar-refractivity contribution is 1.57. The van der Waals surface area contributed by atoms with Gasteiger partial charge in [0, 0.05) is 0 Å². The van der Waals surface area contributed by atoms with Crippen LogP contribution in [0, 0.1) is 0 Å². The molecule has 0 bridgehead atoms. The SMILES string of the molecule is C/C(=C1/c2cccc3cccc(c23)[Si]1(C)C)c1ccccc1. The molecule has 0 N–H and O–H groups in total. The maximum absolute atomic E-state index is 2.49. The van der Waals surface area contributed by atoms with E-state index in [2.05, 4.69) is 86.7 Å². The minimum absolute atomic E-state index is 1.35. The highest BCUT2D eigenvalue weighted by Gasteiger charge is 2.39. The van der Waals surface area contributed by atoms with E-state index in [1.807, 2.05) is 0 Å². The molecule has 0 unspecified atom stereocenters. The summed E-state index contributed by atoms with van der Waals surface area (Å²) in [6.07, 6.45) is 0. The zero-order valence-electron chi connectivity index (χ0n) is 13.4. The zero-order chi connectivity index (χ0) is 15.3. The first-order valence-electron chi connectivity index (χ1n) is 7.90. The number of allylic oxidation sites excluding steroid dienone is 1. The van der Waals surface area contributed by atoms with E-state index >= 15 is 0 Å². The van der Waals surface area contributed by atoms with Crippen LogP contribution in [-0.2, 0) is 0 Å². The Kier molecular flexibility index (Phi) is 2.88. The van der Waals surface area contributed by atoms with Crippen molar-refractivity contribution >= 4 is 34.8 Å². The van der Waals surface area contributed by atoms with E-state index in [4.69, 9.17) is 0 Å². The quantitative estimate of drug-likeness (QED) is 0.539. The maximum Gasteiger partial charge on any atom is 0.114 e. The van der Waals surface area contributed by atoms with Gasteiger partial charge in [-0.15, -0.1) is 0 Å². The molecule has 0 amide bonds. The summed E-state index contributed by atoms with van der Waals surface area (Å²) < 4.78 is 0. The summed E-state index contributed by atoms with van der Waals surface area (Å²) in [6.45, 7) is 7.28. The summed E-state index contributed by atoms with van der Waals surface area (Å²) in [5, 5.41) is 6.06. The summed E-state index contributed by atoms with van der Waals surface area (Å²) >= 11 is 0. The third-order valence-electron chi connectivity index (χ3n) is 5.05. The minimum Gasteiger partial charge on any atom is -0.0622 e. The molecule has 0 saturated heterocycles. The van der Waals surface area contributed by atoms with Crippen molar-refractivity contribution in [3.05, 3.63) is 77.9 Å². The van der Waals surface area contributed by atoms with Crippen LogP contribution in [-0.4, -0.2) is 8.07 Å². The van der Waals surface area contributed by atoms with Crippen LogP contribution in [0.2, 0.25) is 13.1 Å². The lowest BCUT2D eigenvalue weighted by Gasteiger charge is -2.23. The van der Waals surface area contributed by atoms with Gasteiger partial charge >= 0.3 is 0 Å². The highest BCUT2D eigenvalue weighted by Crippen LogP contribution is 2.42. The normalized spacial score (nSPS) is 17.8. The molecule has 22 heavy (non-hydrogen) atoms. The Balaban J connectivity index is 2.10. The van der Waals surface area contributed by atoms with Crippen molar-refractivity contribution in [3.63, 3.8) is 0 Å². The van der Waals surface area contributed by atoms with Gasteiger partial charge in [-0.25, -0.2) is 0 Å². The average molecular weight is 300 g/mol. The van der Waals surface area contributed by atoms with Crippen molar-refractivity contribution in [1.82, 2.24) is 0 Å². The number of hydrogen-bond acceptors (Lipinski definition) is 0. The average Bonchev–Trinajstić information content (AvgIpc) is 2.77. The molecule has 0 aliphatic carbocycles. The molecule has 0 nitrogen and oxygen atoms in total. The summed E-state index contributed by atoms with van der Waals surface area (Å²) in [6, 6.07) is 24.4. The Hall–Kier alpha value is -2.12. The van der Waals surface area contributed by atoms with Crippen molar-refractivity contribution in [2.45, 2.75) is 20.0 Å². The molecule has 0 saturated carbocycles. The van der Waals surface area contributed by atoms with Gasteiger partial charge in [0.2, 0.25) is 0 Å². The van der Waals surface area contributed by atoms with Gasteiger partial charge in [0.15, 0.2) is 0 Å². The van der Waals surface area contributed by atoms with E-state index in [-0.39, 0.29) is 0 Å². The van der Waals surface area contributed by atoms with E-state index in [1.165, 1.54) is 27.5 Å². The van der Waals surface area contributed by atoms with E-state index in [1.54, 1.807) is 10.4 Å². The molecule has 0 fully saturated rings. The van der Waals surface area contributed by atoms with Gasteiger partial charge in [-0.2, -0.15) is 0 Å². The van der Waals surface area contributed by atoms with E-state index in [0.29, 0.717) is 0 Å². The predicted molar refractivity (Wildman–Crippen MR) is 100.0 cm³/mol. The molecule has 3 aromatic carbocycles. The maximum atomic E-state index is 2.49. The van der Waals surface area contributed by atoms with Gasteiger partial charge in [-0.3, -0.25) is 0 Å². The van der Waals surface area contributed by atoms with Gasteiger partial charge in [0.1, 0.15) is 8.07 Å². The van der Waals surface area contributed by atoms with E-state index in [9.17, 15) is 0 Å². The highest BCUT2D eigenvalue weighted by atomic mass is 28.3. The number of hydrogen-bond donors (Lipinski definition) is 0. The Morgan fingerprint density at radius 3 is 2.18 bits per heavy atom. The Labute approximate surface area is 133 Å². The van der Waals surface area contributed by atoms with Gasteiger partial charge in [0.25, 0.3) is 0 Å². The number of benzene rings is 3. The Morgan fingerprint density at radius 2 is 1.45 bits per heavy atom. The lowest BCUT2D eigenvalue weighted by atomic mass is 10.00. The summed E-state index contributed by atoms with van der Waals surface area (Å²) in [4.78, 5) is 0. The minimum atomic E-state index is -1.64. The smallest absolute Gasteiger partial charge is 0.0622 e. The van der Waals surface area contributed by atoms with Crippen LogP contribution in [0.25, 0.3) is 21.5 Å². The van der Waals surface area contributed by atoms with Crippen molar-refractivity contribution in [1.29, 1.82) is 0 Å². The van der Waals surface area contributed by atoms with E-state index < -0.39 is 8.07 Å². The molecule has 1 aliphatic heterocycles. The van der Waals surface area contributed by atoms with Crippen LogP contribution in [0.15, 0.2) is 66.7 Å². The van der Waals surface area contributed by atoms with E-state index in [0.717, 1.165) is 0 Å². The topological polar surface area (TPSA) is 0 Å². The van der Waals surface area contributed by atoms with Gasteiger partial charge in [-0.05, 0) is 44.8 Å². The molecule has 1 heterocycles. The molecule has 0 spiro atoms. The molecule has 1 heteroatoms. The van der Waals surface area contributed by atoms with Crippen LogP contribution >= 0.6 is 0 Å². The molecule has 0 radical (unpaired) electrons. The van der Waals surface area contributed by atoms with Crippen LogP contribution in [0.5, 0.6) is 0 Å². The second-order valence-electron chi connectivity index (χ2n) is 6.70. The molecule has 1 aliphatic rings. The van der Waals surface area contributed by atoms with Crippen molar-refractivity contribution in [2.24, 2.45) is 0 Å². The van der Waals surface area contributed by atoms with Crippen molar-refractivity contribution in [2.75, 3.05) is 0 Å². The van der Waals surface area contributed by atoms with Crippen molar-refractivity contribution in [3.8, 4) is 0 Å².